The van der Waals surface area contributed by atoms with Crippen LogP contribution in [-0.4, -0.2) is 32.9 Å². The quantitative estimate of drug-likeness (QED) is 0.830. The summed E-state index contributed by atoms with van der Waals surface area (Å²) in [4.78, 5) is 0.232. The van der Waals surface area contributed by atoms with E-state index in [0.717, 1.165) is 10.9 Å². The van der Waals surface area contributed by atoms with Crippen molar-refractivity contribution in [2.75, 3.05) is 20.2 Å². The summed E-state index contributed by atoms with van der Waals surface area (Å²) in [6.45, 7) is 5.33. The van der Waals surface area contributed by atoms with Crippen molar-refractivity contribution in [3.63, 3.8) is 0 Å². The SMILES string of the molecule is COc1ccc(Br)cc1S(=O)(=O)N1C[C@H](C)C[C@H](C)C1. The molecule has 0 unspecified atom stereocenters. The standard InChI is InChI=1S/C14H20BrNO3S/c1-10-6-11(2)9-16(8-10)20(17,18)14-7-12(15)4-5-13(14)19-3/h4-5,7,10-11H,6,8-9H2,1-3H3/t10-,11+. The summed E-state index contributed by atoms with van der Waals surface area (Å²) in [7, 11) is -2.02. The Labute approximate surface area is 129 Å². The second-order valence-corrected chi connectivity index (χ2v) is 8.39. The fourth-order valence-corrected chi connectivity index (χ4v) is 5.17. The molecule has 4 nitrogen and oxygen atoms in total. The van der Waals surface area contributed by atoms with Crippen LogP contribution in [0.25, 0.3) is 0 Å². The molecule has 2 rings (SSSR count). The van der Waals surface area contributed by atoms with E-state index in [1.165, 1.54) is 7.11 Å². The first-order valence-corrected chi connectivity index (χ1v) is 8.91. The Morgan fingerprint density at radius 2 is 1.85 bits per heavy atom. The largest absolute Gasteiger partial charge is 0.495 e. The molecule has 0 amide bonds. The van der Waals surface area contributed by atoms with Gasteiger partial charge in [-0.25, -0.2) is 8.42 Å². The molecule has 20 heavy (non-hydrogen) atoms. The lowest BCUT2D eigenvalue weighted by Crippen LogP contribution is -2.42. The number of ether oxygens (including phenoxy) is 1. The molecule has 1 aliphatic heterocycles. The van der Waals surface area contributed by atoms with Crippen molar-refractivity contribution in [2.45, 2.75) is 25.2 Å². The van der Waals surface area contributed by atoms with Gasteiger partial charge in [0.25, 0.3) is 0 Å². The van der Waals surface area contributed by atoms with Gasteiger partial charge in [0.1, 0.15) is 10.6 Å². The van der Waals surface area contributed by atoms with Crippen molar-refractivity contribution in [1.29, 1.82) is 0 Å². The van der Waals surface area contributed by atoms with Crippen LogP contribution in [0.1, 0.15) is 20.3 Å². The van der Waals surface area contributed by atoms with Crippen LogP contribution < -0.4 is 4.74 Å². The van der Waals surface area contributed by atoms with E-state index in [0.29, 0.717) is 30.7 Å². The van der Waals surface area contributed by atoms with E-state index >= 15 is 0 Å². The molecule has 2 atom stereocenters. The molecule has 6 heteroatoms. The van der Waals surface area contributed by atoms with Gasteiger partial charge in [-0.3, -0.25) is 0 Å². The Morgan fingerprint density at radius 1 is 1.25 bits per heavy atom. The number of rotatable bonds is 3. The summed E-state index contributed by atoms with van der Waals surface area (Å²) in [6, 6.07) is 5.06. The highest BCUT2D eigenvalue weighted by atomic mass is 79.9. The minimum Gasteiger partial charge on any atom is -0.495 e. The second kappa shape index (κ2) is 6.03. The summed E-state index contributed by atoms with van der Waals surface area (Å²) in [5, 5.41) is 0. The molecule has 1 aliphatic rings. The van der Waals surface area contributed by atoms with E-state index in [-0.39, 0.29) is 4.90 Å². The van der Waals surface area contributed by atoms with Crippen LogP contribution in [0.15, 0.2) is 27.6 Å². The maximum Gasteiger partial charge on any atom is 0.246 e. The van der Waals surface area contributed by atoms with Gasteiger partial charge in [0.05, 0.1) is 7.11 Å². The number of nitrogens with zero attached hydrogens (tertiary/aromatic N) is 1. The normalized spacial score (nSPS) is 24.6. The average Bonchev–Trinajstić information content (AvgIpc) is 2.37. The fourth-order valence-electron chi connectivity index (χ4n) is 2.79. The molecule has 0 bridgehead atoms. The third kappa shape index (κ3) is 3.18. The molecule has 1 heterocycles. The third-order valence-corrected chi connectivity index (χ3v) is 5.92. The van der Waals surface area contributed by atoms with Crippen LogP contribution in [0.5, 0.6) is 5.75 Å². The van der Waals surface area contributed by atoms with Gasteiger partial charge in [0, 0.05) is 17.6 Å². The maximum absolute atomic E-state index is 12.8. The van der Waals surface area contributed by atoms with Crippen LogP contribution in [-0.2, 0) is 10.0 Å². The monoisotopic (exact) mass is 361 g/mol. The number of halogens is 1. The smallest absolute Gasteiger partial charge is 0.246 e. The molecule has 0 N–H and O–H groups in total. The topological polar surface area (TPSA) is 46.6 Å². The maximum atomic E-state index is 12.8. The molecule has 0 spiro atoms. The van der Waals surface area contributed by atoms with E-state index in [1.54, 1.807) is 22.5 Å². The lowest BCUT2D eigenvalue weighted by Gasteiger charge is -2.34. The van der Waals surface area contributed by atoms with Crippen molar-refractivity contribution in [1.82, 2.24) is 4.31 Å². The van der Waals surface area contributed by atoms with Gasteiger partial charge >= 0.3 is 0 Å². The number of benzene rings is 1. The van der Waals surface area contributed by atoms with Crippen molar-refractivity contribution < 1.29 is 13.2 Å². The van der Waals surface area contributed by atoms with Gasteiger partial charge in [-0.05, 0) is 36.5 Å². The summed E-state index contributed by atoms with van der Waals surface area (Å²) in [5.74, 6) is 1.15. The predicted molar refractivity (Wildman–Crippen MR) is 82.4 cm³/mol. The Bertz CT molecular complexity index is 578. The van der Waals surface area contributed by atoms with E-state index < -0.39 is 10.0 Å². The summed E-state index contributed by atoms with van der Waals surface area (Å²) in [5.41, 5.74) is 0. The van der Waals surface area contributed by atoms with Crippen LogP contribution in [0.2, 0.25) is 0 Å². The lowest BCUT2D eigenvalue weighted by molar-refractivity contribution is 0.222. The van der Waals surface area contributed by atoms with E-state index in [1.807, 2.05) is 0 Å². The average molecular weight is 362 g/mol. The minimum atomic E-state index is -3.51. The highest BCUT2D eigenvalue weighted by Crippen LogP contribution is 2.32. The molecule has 0 radical (unpaired) electrons. The highest BCUT2D eigenvalue weighted by Gasteiger charge is 2.33. The molecular formula is C14H20BrNO3S. The summed E-state index contributed by atoms with van der Waals surface area (Å²) >= 11 is 3.33. The van der Waals surface area contributed by atoms with E-state index in [2.05, 4.69) is 29.8 Å². The van der Waals surface area contributed by atoms with Crippen LogP contribution in [0.4, 0.5) is 0 Å². The third-order valence-electron chi connectivity index (χ3n) is 3.58. The zero-order valence-electron chi connectivity index (χ0n) is 12.0. The van der Waals surface area contributed by atoms with Gasteiger partial charge in [-0.1, -0.05) is 29.8 Å². The van der Waals surface area contributed by atoms with Crippen molar-refractivity contribution in [2.24, 2.45) is 11.8 Å². The van der Waals surface area contributed by atoms with Gasteiger partial charge in [-0.15, -0.1) is 0 Å². The van der Waals surface area contributed by atoms with Gasteiger partial charge in [0.2, 0.25) is 10.0 Å². The predicted octanol–water partition coefficient (Wildman–Crippen LogP) is 3.12. The van der Waals surface area contributed by atoms with Crippen molar-refractivity contribution in [3.8, 4) is 5.75 Å². The highest BCUT2D eigenvalue weighted by molar-refractivity contribution is 9.10. The molecule has 1 fully saturated rings. The van der Waals surface area contributed by atoms with Crippen LogP contribution >= 0.6 is 15.9 Å². The first kappa shape index (κ1) is 15.8. The molecule has 1 aromatic carbocycles. The van der Waals surface area contributed by atoms with Gasteiger partial charge in [-0.2, -0.15) is 4.31 Å². The number of hydrogen-bond acceptors (Lipinski definition) is 3. The summed E-state index contributed by atoms with van der Waals surface area (Å²) < 4.78 is 33.2. The number of methoxy groups -OCH3 is 1. The Morgan fingerprint density at radius 3 is 2.40 bits per heavy atom. The van der Waals surface area contributed by atoms with E-state index in [4.69, 9.17) is 4.74 Å². The van der Waals surface area contributed by atoms with Crippen molar-refractivity contribution >= 4 is 26.0 Å². The Kier molecular flexibility index (Phi) is 4.76. The van der Waals surface area contributed by atoms with Crippen LogP contribution in [0.3, 0.4) is 0 Å². The zero-order valence-corrected chi connectivity index (χ0v) is 14.4. The van der Waals surface area contributed by atoms with E-state index in [9.17, 15) is 8.42 Å². The minimum absolute atomic E-state index is 0.232. The first-order chi connectivity index (χ1) is 9.34. The van der Waals surface area contributed by atoms with Gasteiger partial charge in [0.15, 0.2) is 0 Å². The Hall–Kier alpha value is -0.590. The molecule has 0 aromatic heterocycles. The van der Waals surface area contributed by atoms with Crippen LogP contribution in [0, 0.1) is 11.8 Å². The molecule has 0 aliphatic carbocycles. The zero-order chi connectivity index (χ0) is 14.9. The molecule has 112 valence electrons. The molecule has 1 aromatic rings. The molecule has 0 saturated carbocycles. The molecular weight excluding hydrogens is 342 g/mol. The lowest BCUT2D eigenvalue weighted by atomic mass is 9.94. The Balaban J connectivity index is 2.42. The van der Waals surface area contributed by atoms with Crippen molar-refractivity contribution in [3.05, 3.63) is 22.7 Å². The summed E-state index contributed by atoms with van der Waals surface area (Å²) in [6.07, 6.45) is 1.07. The number of hydrogen-bond donors (Lipinski definition) is 0. The van der Waals surface area contributed by atoms with Gasteiger partial charge < -0.3 is 4.74 Å². The fraction of sp³-hybridized carbons (Fsp3) is 0.571. The number of piperidine rings is 1. The second-order valence-electron chi connectivity index (χ2n) is 5.56. The first-order valence-electron chi connectivity index (χ1n) is 6.68. The molecule has 1 saturated heterocycles. The number of sulfonamides is 1.